The van der Waals surface area contributed by atoms with Gasteiger partial charge in [0.15, 0.2) is 16.6 Å². The van der Waals surface area contributed by atoms with Gasteiger partial charge in [-0.1, -0.05) is 11.3 Å². The molecule has 0 aliphatic carbocycles. The Labute approximate surface area is 125 Å². The van der Waals surface area contributed by atoms with Crippen LogP contribution in [0.15, 0.2) is 24.3 Å². The first-order valence-corrected chi connectivity index (χ1v) is 6.88. The summed E-state index contributed by atoms with van der Waals surface area (Å²) < 4.78 is 5.09. The van der Waals surface area contributed by atoms with E-state index in [0.29, 0.717) is 5.13 Å². The molecule has 0 bridgehead atoms. The summed E-state index contributed by atoms with van der Waals surface area (Å²) in [7, 11) is 3.34. The maximum atomic E-state index is 11.5. The molecule has 0 unspecified atom stereocenters. The Morgan fingerprint density at radius 3 is 2.33 bits per heavy atom. The van der Waals surface area contributed by atoms with Crippen molar-refractivity contribution < 1.29 is 19.4 Å². The zero-order valence-electron chi connectivity index (χ0n) is 11.8. The van der Waals surface area contributed by atoms with Gasteiger partial charge in [-0.3, -0.25) is 4.79 Å². The fourth-order valence-electron chi connectivity index (χ4n) is 1.75. The lowest BCUT2D eigenvalue weighted by Crippen LogP contribution is -2.09. The Bertz CT molecular complexity index is 647. The average molecular weight is 306 g/mol. The van der Waals surface area contributed by atoms with E-state index >= 15 is 0 Å². The average Bonchev–Trinajstić information content (AvgIpc) is 2.92. The van der Waals surface area contributed by atoms with Gasteiger partial charge in [0.25, 0.3) is 0 Å². The van der Waals surface area contributed by atoms with Gasteiger partial charge in [-0.05, 0) is 24.3 Å². The predicted octanol–water partition coefficient (Wildman–Crippen LogP) is 2.82. The molecule has 0 atom stereocenters. The normalized spacial score (nSPS) is 10.2. The molecule has 2 aromatic rings. The third-order valence-electron chi connectivity index (χ3n) is 2.88. The van der Waals surface area contributed by atoms with Crippen molar-refractivity contribution in [2.45, 2.75) is 6.92 Å². The first-order valence-electron chi connectivity index (χ1n) is 6.07. The van der Waals surface area contributed by atoms with Crippen LogP contribution in [0.4, 0.5) is 10.8 Å². The van der Waals surface area contributed by atoms with Crippen LogP contribution in [0.1, 0.15) is 27.1 Å². The summed E-state index contributed by atoms with van der Waals surface area (Å²) in [5.41, 5.74) is 0.611. The zero-order valence-corrected chi connectivity index (χ0v) is 12.6. The van der Waals surface area contributed by atoms with Crippen LogP contribution in [-0.2, 0) is 0 Å². The summed E-state index contributed by atoms with van der Waals surface area (Å²) in [5, 5.41) is 9.55. The molecule has 0 aliphatic rings. The fraction of sp³-hybridized carbons (Fsp3) is 0.214. The van der Waals surface area contributed by atoms with Gasteiger partial charge in [0.05, 0.1) is 7.11 Å². The highest BCUT2D eigenvalue weighted by Crippen LogP contribution is 2.31. The number of anilines is 2. The number of carbonyl (C=O) groups excluding carboxylic acids is 1. The number of thiazole rings is 1. The number of carboxylic acids is 1. The van der Waals surface area contributed by atoms with E-state index in [0.717, 1.165) is 22.8 Å². The number of hydrogen-bond donors (Lipinski definition) is 1. The van der Waals surface area contributed by atoms with E-state index in [1.807, 2.05) is 12.1 Å². The number of benzene rings is 1. The SMILES string of the molecule is COc1ccc(N(C)c2nc(C(=O)O)c(C(C)=O)s2)cc1. The number of ether oxygens (including phenoxy) is 1. The molecule has 2 rings (SSSR count). The Morgan fingerprint density at radius 2 is 1.90 bits per heavy atom. The van der Waals surface area contributed by atoms with Gasteiger partial charge < -0.3 is 14.7 Å². The minimum Gasteiger partial charge on any atom is -0.497 e. The standard InChI is InChI=1S/C14H14N2O4S/c1-8(17)12-11(13(18)19)15-14(21-12)16(2)9-4-6-10(20-3)7-5-9/h4-7H,1-3H3,(H,18,19). The highest BCUT2D eigenvalue weighted by atomic mass is 32.1. The second-order valence-corrected chi connectivity index (χ2v) is 5.27. The van der Waals surface area contributed by atoms with Crippen LogP contribution in [0.5, 0.6) is 5.75 Å². The first-order chi connectivity index (χ1) is 9.93. The van der Waals surface area contributed by atoms with Gasteiger partial charge in [0.1, 0.15) is 10.6 Å². The van der Waals surface area contributed by atoms with Crippen LogP contribution in [-0.4, -0.2) is 36.0 Å². The van der Waals surface area contributed by atoms with Crippen molar-refractivity contribution in [2.75, 3.05) is 19.1 Å². The maximum Gasteiger partial charge on any atom is 0.356 e. The number of ketones is 1. The molecule has 0 spiro atoms. The number of methoxy groups -OCH3 is 1. The molecule has 0 radical (unpaired) electrons. The van der Waals surface area contributed by atoms with Crippen molar-refractivity contribution in [3.05, 3.63) is 34.8 Å². The second-order valence-electron chi connectivity index (χ2n) is 4.29. The molecule has 1 N–H and O–H groups in total. The predicted molar refractivity (Wildman–Crippen MR) is 80.1 cm³/mol. The third-order valence-corrected chi connectivity index (χ3v) is 4.12. The Kier molecular flexibility index (Phi) is 4.23. The first kappa shape index (κ1) is 15.0. The monoisotopic (exact) mass is 306 g/mol. The minimum absolute atomic E-state index is 0.151. The number of carboxylic acid groups (broad SMARTS) is 1. The van der Waals surface area contributed by atoms with E-state index in [4.69, 9.17) is 9.84 Å². The lowest BCUT2D eigenvalue weighted by atomic mass is 10.3. The van der Waals surface area contributed by atoms with Crippen molar-refractivity contribution in [3.8, 4) is 5.75 Å². The van der Waals surface area contributed by atoms with E-state index in [9.17, 15) is 9.59 Å². The smallest absolute Gasteiger partial charge is 0.356 e. The summed E-state index contributed by atoms with van der Waals surface area (Å²) in [6.45, 7) is 1.33. The fourth-order valence-corrected chi connectivity index (χ4v) is 2.69. The summed E-state index contributed by atoms with van der Waals surface area (Å²) in [4.78, 5) is 28.6. The minimum atomic E-state index is -1.20. The second kappa shape index (κ2) is 5.92. The number of rotatable bonds is 5. The molecule has 1 aromatic carbocycles. The molecule has 0 fully saturated rings. The van der Waals surface area contributed by atoms with Crippen LogP contribution in [0.2, 0.25) is 0 Å². The number of carbonyl (C=O) groups is 2. The van der Waals surface area contributed by atoms with Gasteiger partial charge in [-0.15, -0.1) is 0 Å². The Hall–Kier alpha value is -2.41. The third kappa shape index (κ3) is 3.03. The van der Waals surface area contributed by atoms with Gasteiger partial charge in [-0.25, -0.2) is 9.78 Å². The number of aromatic carboxylic acids is 1. The van der Waals surface area contributed by atoms with E-state index < -0.39 is 5.97 Å². The van der Waals surface area contributed by atoms with Crippen LogP contribution < -0.4 is 9.64 Å². The molecule has 0 aliphatic heterocycles. The quantitative estimate of drug-likeness (QED) is 0.856. The molecular weight excluding hydrogens is 292 g/mol. The summed E-state index contributed by atoms with van der Waals surface area (Å²) in [5.74, 6) is -0.785. The molecule has 0 saturated heterocycles. The van der Waals surface area contributed by atoms with Crippen molar-refractivity contribution in [3.63, 3.8) is 0 Å². The van der Waals surface area contributed by atoms with E-state index in [1.165, 1.54) is 6.92 Å². The van der Waals surface area contributed by atoms with Gasteiger partial charge >= 0.3 is 5.97 Å². The van der Waals surface area contributed by atoms with Crippen molar-refractivity contribution >= 4 is 33.9 Å². The number of aromatic nitrogens is 1. The lowest BCUT2D eigenvalue weighted by molar-refractivity contribution is 0.0687. The highest BCUT2D eigenvalue weighted by molar-refractivity contribution is 7.17. The number of hydrogen-bond acceptors (Lipinski definition) is 6. The number of Topliss-reactive ketones (excluding diaryl/α,β-unsaturated/α-hetero) is 1. The molecule has 0 amide bonds. The molecule has 0 saturated carbocycles. The van der Waals surface area contributed by atoms with Crippen molar-refractivity contribution in [1.29, 1.82) is 0 Å². The topological polar surface area (TPSA) is 79.7 Å². The summed E-state index contributed by atoms with van der Waals surface area (Å²) >= 11 is 1.06. The van der Waals surface area contributed by atoms with Crippen LogP contribution in [0, 0.1) is 0 Å². The molecule has 110 valence electrons. The molecule has 7 heteroatoms. The zero-order chi connectivity index (χ0) is 15.6. The largest absolute Gasteiger partial charge is 0.497 e. The molecule has 1 heterocycles. The summed E-state index contributed by atoms with van der Waals surface area (Å²) in [6, 6.07) is 7.25. The molecule has 21 heavy (non-hydrogen) atoms. The van der Waals surface area contributed by atoms with Gasteiger partial charge in [-0.2, -0.15) is 0 Å². The lowest BCUT2D eigenvalue weighted by Gasteiger charge is -2.15. The maximum absolute atomic E-state index is 11.5. The Morgan fingerprint density at radius 1 is 1.29 bits per heavy atom. The Balaban J connectivity index is 2.38. The number of nitrogens with zero attached hydrogens (tertiary/aromatic N) is 2. The molecule has 6 nitrogen and oxygen atoms in total. The van der Waals surface area contributed by atoms with Crippen molar-refractivity contribution in [1.82, 2.24) is 4.98 Å². The van der Waals surface area contributed by atoms with E-state index in [-0.39, 0.29) is 16.4 Å². The summed E-state index contributed by atoms with van der Waals surface area (Å²) in [6.07, 6.45) is 0. The molecule has 1 aromatic heterocycles. The highest BCUT2D eigenvalue weighted by Gasteiger charge is 2.22. The van der Waals surface area contributed by atoms with Crippen LogP contribution in [0.3, 0.4) is 0 Å². The van der Waals surface area contributed by atoms with Gasteiger partial charge in [0, 0.05) is 19.7 Å². The van der Waals surface area contributed by atoms with E-state index in [2.05, 4.69) is 4.98 Å². The van der Waals surface area contributed by atoms with Crippen LogP contribution in [0.25, 0.3) is 0 Å². The van der Waals surface area contributed by atoms with Gasteiger partial charge in [0.2, 0.25) is 0 Å². The van der Waals surface area contributed by atoms with Crippen molar-refractivity contribution in [2.24, 2.45) is 0 Å². The molecular formula is C14H14N2O4S. The van der Waals surface area contributed by atoms with E-state index in [1.54, 1.807) is 31.2 Å². The van der Waals surface area contributed by atoms with Crippen LogP contribution >= 0.6 is 11.3 Å².